The zero-order valence-electron chi connectivity index (χ0n) is 8.90. The fourth-order valence-corrected chi connectivity index (χ4v) is 0.922. The second-order valence-electron chi connectivity index (χ2n) is 2.41. The van der Waals surface area contributed by atoms with Crippen LogP contribution in [0.25, 0.3) is 0 Å². The molecular weight excluding hydrogens is 182 g/mol. The van der Waals surface area contributed by atoms with E-state index in [0.717, 1.165) is 5.56 Å². The molecule has 4 nitrogen and oxygen atoms in total. The molecule has 1 rings (SSSR count). The third kappa shape index (κ3) is 3.05. The molecule has 78 valence electrons. The number of hydrogen-bond acceptors (Lipinski definition) is 3. The van der Waals surface area contributed by atoms with Crippen LogP contribution in [-0.4, -0.2) is 12.0 Å². The minimum Gasteiger partial charge on any atom is -0.496 e. The monoisotopic (exact) mass is 197 g/mol. The van der Waals surface area contributed by atoms with Crippen LogP contribution in [0.1, 0.15) is 19.4 Å². The summed E-state index contributed by atoms with van der Waals surface area (Å²) >= 11 is 0. The highest BCUT2D eigenvalue weighted by Gasteiger charge is 2.07. The molecule has 0 saturated carbocycles. The topological polar surface area (TPSA) is 52.4 Å². The molecule has 0 aliphatic carbocycles. The van der Waals surface area contributed by atoms with Crippen LogP contribution in [0.15, 0.2) is 18.2 Å². The number of aryl methyl sites for hydroxylation is 1. The van der Waals surface area contributed by atoms with Gasteiger partial charge in [-0.1, -0.05) is 13.8 Å². The van der Waals surface area contributed by atoms with Gasteiger partial charge in [0.25, 0.3) is 5.69 Å². The second-order valence-corrected chi connectivity index (χ2v) is 2.41. The predicted molar refractivity (Wildman–Crippen MR) is 55.7 cm³/mol. The number of nitro groups is 1. The van der Waals surface area contributed by atoms with Crippen molar-refractivity contribution in [2.75, 3.05) is 7.11 Å². The van der Waals surface area contributed by atoms with E-state index < -0.39 is 4.92 Å². The Labute approximate surface area is 83.7 Å². The van der Waals surface area contributed by atoms with Crippen molar-refractivity contribution in [1.29, 1.82) is 0 Å². The Balaban J connectivity index is 0.000000791. The average Bonchev–Trinajstić information content (AvgIpc) is 2.21. The van der Waals surface area contributed by atoms with Crippen LogP contribution < -0.4 is 4.74 Å². The van der Waals surface area contributed by atoms with Crippen molar-refractivity contribution in [3.63, 3.8) is 0 Å². The predicted octanol–water partition coefficient (Wildman–Crippen LogP) is 2.94. The zero-order chi connectivity index (χ0) is 11.1. The first-order chi connectivity index (χ1) is 6.65. The molecule has 0 spiro atoms. The maximum atomic E-state index is 10.3. The number of ether oxygens (including phenoxy) is 1. The van der Waals surface area contributed by atoms with Crippen molar-refractivity contribution < 1.29 is 9.66 Å². The van der Waals surface area contributed by atoms with Gasteiger partial charge in [-0.3, -0.25) is 10.1 Å². The number of methoxy groups -OCH3 is 1. The highest BCUT2D eigenvalue weighted by atomic mass is 16.6. The van der Waals surface area contributed by atoms with E-state index in [1.54, 1.807) is 6.07 Å². The van der Waals surface area contributed by atoms with Gasteiger partial charge in [0, 0.05) is 6.07 Å². The Morgan fingerprint density at radius 3 is 2.36 bits per heavy atom. The Morgan fingerprint density at radius 2 is 1.93 bits per heavy atom. The van der Waals surface area contributed by atoms with Gasteiger partial charge in [-0.15, -0.1) is 0 Å². The summed E-state index contributed by atoms with van der Waals surface area (Å²) < 4.78 is 4.93. The third-order valence-corrected chi connectivity index (χ3v) is 1.60. The molecule has 0 fully saturated rings. The number of nitro benzene ring substituents is 1. The maximum Gasteiger partial charge on any atom is 0.273 e. The Morgan fingerprint density at radius 1 is 1.36 bits per heavy atom. The fraction of sp³-hybridized carbons (Fsp3) is 0.400. The van der Waals surface area contributed by atoms with Crippen LogP contribution in [0, 0.1) is 17.0 Å². The lowest BCUT2D eigenvalue weighted by Crippen LogP contribution is -1.91. The van der Waals surface area contributed by atoms with Gasteiger partial charge in [0.2, 0.25) is 0 Å². The lowest BCUT2D eigenvalue weighted by atomic mass is 10.2. The summed E-state index contributed by atoms with van der Waals surface area (Å²) in [6.07, 6.45) is 0. The van der Waals surface area contributed by atoms with E-state index in [2.05, 4.69) is 0 Å². The second kappa shape index (κ2) is 5.96. The van der Waals surface area contributed by atoms with Crippen molar-refractivity contribution in [2.45, 2.75) is 20.8 Å². The summed E-state index contributed by atoms with van der Waals surface area (Å²) in [6.45, 7) is 5.84. The van der Waals surface area contributed by atoms with E-state index in [-0.39, 0.29) is 5.69 Å². The van der Waals surface area contributed by atoms with Crippen molar-refractivity contribution in [1.82, 2.24) is 0 Å². The summed E-state index contributed by atoms with van der Waals surface area (Å²) in [5.74, 6) is 0.546. The molecular formula is C10H15NO3. The number of non-ortho nitro benzene ring substituents is 1. The normalized spacial score (nSPS) is 8.57. The maximum absolute atomic E-state index is 10.3. The SMILES string of the molecule is CC.COc1cc([N+](=O)[O-])ccc1C. The van der Waals surface area contributed by atoms with E-state index in [1.165, 1.54) is 19.2 Å². The summed E-state index contributed by atoms with van der Waals surface area (Å²) in [6, 6.07) is 4.53. The largest absolute Gasteiger partial charge is 0.496 e. The van der Waals surface area contributed by atoms with Crippen molar-refractivity contribution >= 4 is 5.69 Å². The molecule has 0 heterocycles. The molecule has 0 aliphatic rings. The molecule has 0 unspecified atom stereocenters. The quantitative estimate of drug-likeness (QED) is 0.541. The molecule has 1 aromatic carbocycles. The summed E-state index contributed by atoms with van der Waals surface area (Å²) in [7, 11) is 1.49. The fourth-order valence-electron chi connectivity index (χ4n) is 0.922. The highest BCUT2D eigenvalue weighted by Crippen LogP contribution is 2.23. The standard InChI is InChI=1S/C8H9NO3.C2H6/c1-6-3-4-7(9(10)11)5-8(6)12-2;1-2/h3-5H,1-2H3;1-2H3. The molecule has 4 heteroatoms. The van der Waals surface area contributed by atoms with Crippen molar-refractivity contribution in [3.8, 4) is 5.75 Å². The van der Waals surface area contributed by atoms with Crippen LogP contribution in [-0.2, 0) is 0 Å². The van der Waals surface area contributed by atoms with Crippen LogP contribution in [0.5, 0.6) is 5.75 Å². The minimum atomic E-state index is -0.443. The van der Waals surface area contributed by atoms with Gasteiger partial charge in [0.05, 0.1) is 18.1 Å². The summed E-state index contributed by atoms with van der Waals surface area (Å²) in [5.41, 5.74) is 0.945. The van der Waals surface area contributed by atoms with Gasteiger partial charge >= 0.3 is 0 Å². The smallest absolute Gasteiger partial charge is 0.273 e. The average molecular weight is 197 g/mol. The minimum absolute atomic E-state index is 0.0532. The Bertz CT molecular complexity index is 310. The molecule has 0 bridgehead atoms. The Kier molecular flexibility index (Phi) is 5.29. The van der Waals surface area contributed by atoms with Crippen molar-refractivity contribution in [2.24, 2.45) is 0 Å². The van der Waals surface area contributed by atoms with E-state index in [0.29, 0.717) is 5.75 Å². The number of hydrogen-bond donors (Lipinski definition) is 0. The van der Waals surface area contributed by atoms with E-state index in [4.69, 9.17) is 4.74 Å². The Hall–Kier alpha value is -1.58. The lowest BCUT2D eigenvalue weighted by molar-refractivity contribution is -0.384. The van der Waals surface area contributed by atoms with Crippen LogP contribution >= 0.6 is 0 Å². The first kappa shape index (κ1) is 12.4. The molecule has 0 saturated heterocycles. The molecule has 0 aromatic heterocycles. The van der Waals surface area contributed by atoms with Crippen LogP contribution in [0.2, 0.25) is 0 Å². The van der Waals surface area contributed by atoms with Crippen LogP contribution in [0.4, 0.5) is 5.69 Å². The van der Waals surface area contributed by atoms with Gasteiger partial charge in [0.1, 0.15) is 5.75 Å². The van der Waals surface area contributed by atoms with Gasteiger partial charge in [-0.05, 0) is 18.6 Å². The molecule has 0 amide bonds. The number of rotatable bonds is 2. The molecule has 14 heavy (non-hydrogen) atoms. The summed E-state index contributed by atoms with van der Waals surface area (Å²) in [5, 5.41) is 10.3. The molecule has 0 atom stereocenters. The van der Waals surface area contributed by atoms with Gasteiger partial charge in [0.15, 0.2) is 0 Å². The third-order valence-electron chi connectivity index (χ3n) is 1.60. The first-order valence-corrected chi connectivity index (χ1v) is 4.44. The number of benzene rings is 1. The molecule has 0 aliphatic heterocycles. The lowest BCUT2D eigenvalue weighted by Gasteiger charge is -2.02. The molecule has 1 aromatic rings. The highest BCUT2D eigenvalue weighted by molar-refractivity contribution is 5.43. The van der Waals surface area contributed by atoms with E-state index in [1.807, 2.05) is 20.8 Å². The summed E-state index contributed by atoms with van der Waals surface area (Å²) in [4.78, 5) is 9.89. The van der Waals surface area contributed by atoms with Crippen molar-refractivity contribution in [3.05, 3.63) is 33.9 Å². The van der Waals surface area contributed by atoms with Gasteiger partial charge in [-0.25, -0.2) is 0 Å². The van der Waals surface area contributed by atoms with E-state index >= 15 is 0 Å². The van der Waals surface area contributed by atoms with Gasteiger partial charge in [-0.2, -0.15) is 0 Å². The molecule has 0 N–H and O–H groups in total. The zero-order valence-corrected chi connectivity index (χ0v) is 8.90. The molecule has 0 radical (unpaired) electrons. The first-order valence-electron chi connectivity index (χ1n) is 4.44. The van der Waals surface area contributed by atoms with Crippen LogP contribution in [0.3, 0.4) is 0 Å². The number of nitrogens with zero attached hydrogens (tertiary/aromatic N) is 1. The van der Waals surface area contributed by atoms with Gasteiger partial charge < -0.3 is 4.74 Å². The van der Waals surface area contributed by atoms with E-state index in [9.17, 15) is 10.1 Å².